The molecule has 8 nitrogen and oxygen atoms in total. The molecular weight excluding hydrogens is 346 g/mol. The maximum atomic E-state index is 13.0. The molecule has 0 unspecified atom stereocenters. The largest absolute Gasteiger partial charge is 0.371 e. The van der Waals surface area contributed by atoms with Gasteiger partial charge in [0.25, 0.3) is 5.71 Å². The van der Waals surface area contributed by atoms with E-state index in [0.717, 1.165) is 29.6 Å². The molecule has 1 fully saturated rings. The fourth-order valence-corrected chi connectivity index (χ4v) is 3.57. The summed E-state index contributed by atoms with van der Waals surface area (Å²) >= 11 is 0. The Morgan fingerprint density at radius 3 is 3.07 bits per heavy atom. The number of ether oxygens (including phenoxy) is 1. The zero-order chi connectivity index (χ0) is 19.0. The van der Waals surface area contributed by atoms with Crippen LogP contribution in [0.4, 0.5) is 5.69 Å². The summed E-state index contributed by atoms with van der Waals surface area (Å²) in [6, 6.07) is 3.97. The lowest BCUT2D eigenvalue weighted by Gasteiger charge is -2.31. The number of hydrogen-bond donors (Lipinski definition) is 1. The van der Waals surface area contributed by atoms with Crippen LogP contribution in [0.5, 0.6) is 0 Å². The molecule has 0 radical (unpaired) electrons. The first kappa shape index (κ1) is 17.7. The molecule has 4 heterocycles. The zero-order valence-corrected chi connectivity index (χ0v) is 15.7. The SMILES string of the molecule is Cc1noc2ncc(NC(=O)[C@@H]3CCCO[C@H]3c3ccnn3C(C)C)cc12. The van der Waals surface area contributed by atoms with Gasteiger partial charge in [-0.1, -0.05) is 5.16 Å². The van der Waals surface area contributed by atoms with Crippen LogP contribution < -0.4 is 5.32 Å². The zero-order valence-electron chi connectivity index (χ0n) is 15.7. The van der Waals surface area contributed by atoms with Crippen LogP contribution in [-0.4, -0.2) is 32.4 Å². The second-order valence-electron chi connectivity index (χ2n) is 7.17. The quantitative estimate of drug-likeness (QED) is 0.757. The molecule has 1 N–H and O–H groups in total. The molecule has 4 rings (SSSR count). The third-order valence-corrected chi connectivity index (χ3v) is 4.92. The first-order valence-electron chi connectivity index (χ1n) is 9.22. The number of carbonyl (C=O) groups is 1. The van der Waals surface area contributed by atoms with Gasteiger partial charge < -0.3 is 14.6 Å². The summed E-state index contributed by atoms with van der Waals surface area (Å²) in [5, 5.41) is 12.1. The molecule has 0 spiro atoms. The van der Waals surface area contributed by atoms with Crippen LogP contribution in [0.25, 0.3) is 11.1 Å². The number of amides is 1. The van der Waals surface area contributed by atoms with Crippen molar-refractivity contribution in [1.29, 1.82) is 0 Å². The molecule has 8 heteroatoms. The summed E-state index contributed by atoms with van der Waals surface area (Å²) in [6.07, 6.45) is 4.66. The summed E-state index contributed by atoms with van der Waals surface area (Å²) < 4.78 is 13.0. The molecule has 0 saturated carbocycles. The lowest BCUT2D eigenvalue weighted by Crippen LogP contribution is -2.34. The predicted octanol–water partition coefficient (Wildman–Crippen LogP) is 3.42. The van der Waals surface area contributed by atoms with Crippen LogP contribution in [0.1, 0.15) is 50.2 Å². The Morgan fingerprint density at radius 2 is 2.26 bits per heavy atom. The summed E-state index contributed by atoms with van der Waals surface area (Å²) in [4.78, 5) is 17.2. The van der Waals surface area contributed by atoms with E-state index in [2.05, 4.69) is 34.4 Å². The number of hydrogen-bond acceptors (Lipinski definition) is 6. The normalized spacial score (nSPS) is 20.3. The van der Waals surface area contributed by atoms with Crippen molar-refractivity contribution < 1.29 is 14.1 Å². The summed E-state index contributed by atoms with van der Waals surface area (Å²) in [5.74, 6) is -0.362. The van der Waals surface area contributed by atoms with Gasteiger partial charge in [0, 0.05) is 18.8 Å². The Morgan fingerprint density at radius 1 is 1.41 bits per heavy atom. The highest BCUT2D eigenvalue weighted by Gasteiger charge is 2.35. The maximum absolute atomic E-state index is 13.0. The molecule has 1 saturated heterocycles. The van der Waals surface area contributed by atoms with E-state index in [0.29, 0.717) is 18.0 Å². The van der Waals surface area contributed by atoms with Gasteiger partial charge in [-0.3, -0.25) is 9.48 Å². The standard InChI is InChI=1S/C19H23N5O3/c1-11(2)24-16(6-7-21-24)17-14(5-4-8-26-17)18(25)22-13-9-15-12(3)23-27-19(15)20-10-13/h6-7,9-11,14,17H,4-5,8H2,1-3H3,(H,22,25)/t14-,17-/m1/s1. The van der Waals surface area contributed by atoms with Gasteiger partial charge in [-0.15, -0.1) is 0 Å². The third-order valence-electron chi connectivity index (χ3n) is 4.92. The minimum atomic E-state index is -0.308. The molecule has 27 heavy (non-hydrogen) atoms. The van der Waals surface area contributed by atoms with Crippen molar-refractivity contribution in [3.05, 3.63) is 35.9 Å². The molecular formula is C19H23N5O3. The van der Waals surface area contributed by atoms with Crippen LogP contribution in [0.3, 0.4) is 0 Å². The van der Waals surface area contributed by atoms with Crippen molar-refractivity contribution in [2.24, 2.45) is 5.92 Å². The topological polar surface area (TPSA) is 95.1 Å². The number of aromatic nitrogens is 4. The van der Waals surface area contributed by atoms with E-state index >= 15 is 0 Å². The molecule has 3 aromatic heterocycles. The Balaban J connectivity index is 1.58. The second-order valence-corrected chi connectivity index (χ2v) is 7.17. The highest BCUT2D eigenvalue weighted by Crippen LogP contribution is 2.35. The molecule has 0 aliphatic carbocycles. The van der Waals surface area contributed by atoms with E-state index in [1.165, 1.54) is 0 Å². The van der Waals surface area contributed by atoms with Crippen molar-refractivity contribution in [3.63, 3.8) is 0 Å². The van der Waals surface area contributed by atoms with E-state index in [9.17, 15) is 4.79 Å². The summed E-state index contributed by atoms with van der Waals surface area (Å²) in [7, 11) is 0. The average molecular weight is 369 g/mol. The lowest BCUT2D eigenvalue weighted by molar-refractivity contribution is -0.129. The first-order chi connectivity index (χ1) is 13.0. The molecule has 0 bridgehead atoms. The van der Waals surface area contributed by atoms with Gasteiger partial charge in [0.05, 0.1) is 34.6 Å². The number of carbonyl (C=O) groups excluding carboxylic acids is 1. The predicted molar refractivity (Wildman–Crippen MR) is 99.2 cm³/mol. The second kappa shape index (κ2) is 7.11. The van der Waals surface area contributed by atoms with Crippen LogP contribution in [0.15, 0.2) is 29.0 Å². The van der Waals surface area contributed by atoms with Crippen LogP contribution in [0, 0.1) is 12.8 Å². The highest BCUT2D eigenvalue weighted by molar-refractivity contribution is 5.94. The van der Waals surface area contributed by atoms with Gasteiger partial charge in [0.15, 0.2) is 0 Å². The fourth-order valence-electron chi connectivity index (χ4n) is 3.57. The van der Waals surface area contributed by atoms with Gasteiger partial charge in [0.2, 0.25) is 5.91 Å². The van der Waals surface area contributed by atoms with Crippen LogP contribution in [-0.2, 0) is 9.53 Å². The number of nitrogens with zero attached hydrogens (tertiary/aromatic N) is 4. The van der Waals surface area contributed by atoms with Crippen molar-refractivity contribution in [1.82, 2.24) is 19.9 Å². The first-order valence-corrected chi connectivity index (χ1v) is 9.22. The van der Waals surface area contributed by atoms with E-state index < -0.39 is 0 Å². The Bertz CT molecular complexity index is 961. The number of fused-ring (bicyclic) bond motifs is 1. The van der Waals surface area contributed by atoms with E-state index in [1.54, 1.807) is 12.4 Å². The van der Waals surface area contributed by atoms with Gasteiger partial charge in [0.1, 0.15) is 6.10 Å². The number of aryl methyl sites for hydroxylation is 1. The average Bonchev–Trinajstić information content (AvgIpc) is 3.29. The minimum absolute atomic E-state index is 0.0773. The molecule has 2 atom stereocenters. The molecule has 3 aromatic rings. The van der Waals surface area contributed by atoms with Crippen molar-refractivity contribution in [3.8, 4) is 0 Å². The molecule has 1 aliphatic heterocycles. The van der Waals surface area contributed by atoms with Gasteiger partial charge >= 0.3 is 0 Å². The Hall–Kier alpha value is -2.74. The molecule has 1 aliphatic rings. The van der Waals surface area contributed by atoms with Gasteiger partial charge in [-0.05, 0) is 45.7 Å². The highest BCUT2D eigenvalue weighted by atomic mass is 16.5. The van der Waals surface area contributed by atoms with Crippen molar-refractivity contribution in [2.45, 2.75) is 45.8 Å². The Labute approximate surface area is 156 Å². The number of nitrogens with one attached hydrogen (secondary N) is 1. The van der Waals surface area contributed by atoms with Crippen LogP contribution in [0.2, 0.25) is 0 Å². The molecule has 0 aromatic carbocycles. The van der Waals surface area contributed by atoms with Crippen molar-refractivity contribution >= 4 is 22.7 Å². The number of anilines is 1. The van der Waals surface area contributed by atoms with E-state index in [4.69, 9.17) is 9.26 Å². The van der Waals surface area contributed by atoms with Gasteiger partial charge in [-0.25, -0.2) is 4.98 Å². The smallest absolute Gasteiger partial charge is 0.258 e. The summed E-state index contributed by atoms with van der Waals surface area (Å²) in [5.41, 5.74) is 2.77. The maximum Gasteiger partial charge on any atom is 0.258 e. The van der Waals surface area contributed by atoms with Crippen LogP contribution >= 0.6 is 0 Å². The molecule has 142 valence electrons. The van der Waals surface area contributed by atoms with Gasteiger partial charge in [-0.2, -0.15) is 5.10 Å². The minimum Gasteiger partial charge on any atom is -0.371 e. The number of rotatable bonds is 4. The van der Waals surface area contributed by atoms with Crippen molar-refractivity contribution in [2.75, 3.05) is 11.9 Å². The number of pyridine rings is 1. The van der Waals surface area contributed by atoms with E-state index in [-0.39, 0.29) is 24.0 Å². The Kier molecular flexibility index (Phi) is 4.65. The third kappa shape index (κ3) is 3.32. The monoisotopic (exact) mass is 369 g/mol. The lowest BCUT2D eigenvalue weighted by atomic mass is 9.91. The molecule has 1 amide bonds. The fraction of sp³-hybridized carbons (Fsp3) is 0.474. The van der Waals surface area contributed by atoms with E-state index in [1.807, 2.05) is 23.7 Å². The summed E-state index contributed by atoms with van der Waals surface area (Å²) in [6.45, 7) is 6.62.